The lowest BCUT2D eigenvalue weighted by atomic mass is 9.97. The number of aromatic nitrogens is 6. The van der Waals surface area contributed by atoms with Crippen LogP contribution >= 0.6 is 11.3 Å². The van der Waals surface area contributed by atoms with Crippen LogP contribution in [-0.2, 0) is 6.54 Å². The number of rotatable bonds is 6. The van der Waals surface area contributed by atoms with E-state index in [1.807, 2.05) is 64.9 Å². The molecule has 1 aliphatic rings. The van der Waals surface area contributed by atoms with Gasteiger partial charge in [-0.15, -0.1) is 11.3 Å². The molecule has 4 aromatic heterocycles. The third-order valence-electron chi connectivity index (χ3n) is 6.87. The molecule has 200 valence electrons. The quantitative estimate of drug-likeness (QED) is 0.310. The van der Waals surface area contributed by atoms with E-state index in [1.54, 1.807) is 23.7 Å². The van der Waals surface area contributed by atoms with Gasteiger partial charge < -0.3 is 10.7 Å². The average Bonchev–Trinajstić information content (AvgIpc) is 3.70. The summed E-state index contributed by atoms with van der Waals surface area (Å²) in [7, 11) is 0. The number of piperidine rings is 1. The highest BCUT2D eigenvalue weighted by Gasteiger charge is 2.24. The van der Waals surface area contributed by atoms with E-state index in [4.69, 9.17) is 10.7 Å². The second-order valence-corrected chi connectivity index (χ2v) is 10.6. The van der Waals surface area contributed by atoms with Gasteiger partial charge in [0.25, 0.3) is 5.56 Å². The third kappa shape index (κ3) is 5.92. The first-order valence-corrected chi connectivity index (χ1v) is 14.0. The molecule has 40 heavy (non-hydrogen) atoms. The maximum Gasteiger partial charge on any atom is 0.251 e. The first-order valence-electron chi connectivity index (χ1n) is 13.2. The minimum Gasteiger partial charge on any atom is -0.320 e. The molecule has 1 atom stereocenters. The Labute approximate surface area is 235 Å². The van der Waals surface area contributed by atoms with Crippen molar-refractivity contribution in [2.75, 3.05) is 19.6 Å². The molecule has 5 heterocycles. The van der Waals surface area contributed by atoms with E-state index in [0.717, 1.165) is 64.7 Å². The number of benzene rings is 1. The van der Waals surface area contributed by atoms with Crippen molar-refractivity contribution in [2.45, 2.75) is 25.3 Å². The number of nitrogens with zero attached hydrogens (tertiary/aromatic N) is 6. The zero-order chi connectivity index (χ0) is 27.3. The average molecular weight is 549 g/mol. The standard InChI is InChI=1S/C30H28N8OS/c31-11-1-4-21-7-9-22(10-8-21)24-15-32-30(33-16-24)38-19-25(34-20-38)18-37-12-2-5-23(17-37)29-35-26(14-28(39)36-29)27-6-3-13-40-27/h3,6-10,13-16,19-20,23H,2,5,11-12,17-18,31H2,(H,35,36,39). The minimum atomic E-state index is -0.107. The van der Waals surface area contributed by atoms with Crippen LogP contribution in [0.3, 0.4) is 0 Å². The molecule has 3 N–H and O–H groups in total. The highest BCUT2D eigenvalue weighted by molar-refractivity contribution is 7.13. The molecular weight excluding hydrogens is 520 g/mol. The number of nitrogens with one attached hydrogen (secondary N) is 1. The van der Waals surface area contributed by atoms with Crippen LogP contribution in [0.2, 0.25) is 0 Å². The smallest absolute Gasteiger partial charge is 0.251 e. The summed E-state index contributed by atoms with van der Waals surface area (Å²) in [6.45, 7) is 2.83. The van der Waals surface area contributed by atoms with Crippen molar-refractivity contribution in [3.05, 3.63) is 100 Å². The zero-order valence-corrected chi connectivity index (χ0v) is 22.6. The van der Waals surface area contributed by atoms with Crippen molar-refractivity contribution in [1.29, 1.82) is 0 Å². The molecule has 0 aliphatic carbocycles. The number of imidazole rings is 1. The SMILES string of the molecule is NCC#Cc1ccc(-c2cnc(-n3cnc(CN4CCCC(c5nc(-c6cccs6)cc(=O)[nH]5)C4)c3)nc2)cc1. The number of hydrogen-bond acceptors (Lipinski definition) is 8. The number of hydrogen-bond donors (Lipinski definition) is 2. The molecular formula is C30H28N8OS. The predicted molar refractivity (Wildman–Crippen MR) is 156 cm³/mol. The minimum absolute atomic E-state index is 0.107. The molecule has 1 aliphatic heterocycles. The second-order valence-electron chi connectivity index (χ2n) is 9.69. The summed E-state index contributed by atoms with van der Waals surface area (Å²) >= 11 is 1.59. The Kier molecular flexibility index (Phi) is 7.59. The zero-order valence-electron chi connectivity index (χ0n) is 21.8. The van der Waals surface area contributed by atoms with E-state index in [-0.39, 0.29) is 11.5 Å². The van der Waals surface area contributed by atoms with Crippen molar-refractivity contribution < 1.29 is 0 Å². The molecule has 1 aromatic carbocycles. The summed E-state index contributed by atoms with van der Waals surface area (Å²) in [6, 6.07) is 13.5. The molecule has 9 nitrogen and oxygen atoms in total. The lowest BCUT2D eigenvalue weighted by Gasteiger charge is -2.31. The number of H-pyrrole nitrogens is 1. The Bertz CT molecular complexity index is 1700. The van der Waals surface area contributed by atoms with Crippen molar-refractivity contribution in [3.63, 3.8) is 0 Å². The highest BCUT2D eigenvalue weighted by atomic mass is 32.1. The summed E-state index contributed by atoms with van der Waals surface area (Å²) in [6.07, 6.45) is 9.38. The molecule has 0 bridgehead atoms. The van der Waals surface area contributed by atoms with Crippen LogP contribution in [0.5, 0.6) is 0 Å². The van der Waals surface area contributed by atoms with Gasteiger partial charge in [-0.2, -0.15) is 0 Å². The molecule has 1 unspecified atom stereocenters. The lowest BCUT2D eigenvalue weighted by Crippen LogP contribution is -2.35. The summed E-state index contributed by atoms with van der Waals surface area (Å²) < 4.78 is 1.84. The highest BCUT2D eigenvalue weighted by Crippen LogP contribution is 2.28. The van der Waals surface area contributed by atoms with Crippen molar-refractivity contribution in [2.24, 2.45) is 5.73 Å². The van der Waals surface area contributed by atoms with Gasteiger partial charge >= 0.3 is 0 Å². The molecule has 0 saturated carbocycles. The summed E-state index contributed by atoms with van der Waals surface area (Å²) in [5.74, 6) is 7.39. The number of nitrogens with two attached hydrogens (primary N) is 1. The Morgan fingerprint density at radius 3 is 2.73 bits per heavy atom. The van der Waals surface area contributed by atoms with Gasteiger partial charge in [0.2, 0.25) is 5.95 Å². The molecule has 1 fully saturated rings. The van der Waals surface area contributed by atoms with Gasteiger partial charge in [0, 0.05) is 54.8 Å². The Morgan fingerprint density at radius 1 is 1.10 bits per heavy atom. The predicted octanol–water partition coefficient (Wildman–Crippen LogP) is 3.83. The van der Waals surface area contributed by atoms with Gasteiger partial charge in [0.05, 0.1) is 22.8 Å². The topological polar surface area (TPSA) is 119 Å². The van der Waals surface area contributed by atoms with E-state index in [1.165, 1.54) is 0 Å². The van der Waals surface area contributed by atoms with Gasteiger partial charge in [-0.25, -0.2) is 19.9 Å². The summed E-state index contributed by atoms with van der Waals surface area (Å²) in [5, 5.41) is 2.00. The first kappa shape index (κ1) is 25.8. The summed E-state index contributed by atoms with van der Waals surface area (Å²) in [5.41, 5.74) is 9.89. The second kappa shape index (κ2) is 11.8. The molecule has 1 saturated heterocycles. The normalized spacial score (nSPS) is 15.5. The number of aromatic amines is 1. The van der Waals surface area contributed by atoms with Crippen LogP contribution in [0.4, 0.5) is 0 Å². The van der Waals surface area contributed by atoms with Crippen LogP contribution < -0.4 is 11.3 Å². The third-order valence-corrected chi connectivity index (χ3v) is 7.76. The van der Waals surface area contributed by atoms with E-state index in [9.17, 15) is 4.79 Å². The number of thiophene rings is 1. The van der Waals surface area contributed by atoms with Crippen molar-refractivity contribution >= 4 is 11.3 Å². The van der Waals surface area contributed by atoms with Crippen LogP contribution in [0, 0.1) is 11.8 Å². The number of likely N-dealkylation sites (tertiary alicyclic amines) is 1. The van der Waals surface area contributed by atoms with Crippen LogP contribution in [0.25, 0.3) is 27.6 Å². The van der Waals surface area contributed by atoms with Gasteiger partial charge in [-0.1, -0.05) is 30.0 Å². The molecule has 5 aromatic rings. The molecule has 0 spiro atoms. The van der Waals surface area contributed by atoms with E-state index in [0.29, 0.717) is 19.0 Å². The van der Waals surface area contributed by atoms with Gasteiger partial charge in [0.15, 0.2) is 0 Å². The van der Waals surface area contributed by atoms with Crippen molar-refractivity contribution in [3.8, 4) is 39.5 Å². The van der Waals surface area contributed by atoms with Gasteiger partial charge in [-0.05, 0) is 48.5 Å². The molecule has 10 heteroatoms. The Hall–Kier alpha value is -4.43. The molecule has 6 rings (SSSR count). The maximum absolute atomic E-state index is 12.4. The lowest BCUT2D eigenvalue weighted by molar-refractivity contribution is 0.194. The maximum atomic E-state index is 12.4. The van der Waals surface area contributed by atoms with Crippen LogP contribution in [0.1, 0.15) is 35.8 Å². The van der Waals surface area contributed by atoms with E-state index >= 15 is 0 Å². The monoisotopic (exact) mass is 548 g/mol. The Balaban J connectivity index is 1.11. The fourth-order valence-electron chi connectivity index (χ4n) is 4.93. The van der Waals surface area contributed by atoms with Crippen LogP contribution in [-0.4, -0.2) is 54.0 Å². The molecule has 0 radical (unpaired) electrons. The summed E-state index contributed by atoms with van der Waals surface area (Å²) in [4.78, 5) is 37.3. The molecule has 0 amide bonds. The fourth-order valence-corrected chi connectivity index (χ4v) is 5.62. The van der Waals surface area contributed by atoms with Gasteiger partial charge in [0.1, 0.15) is 12.2 Å². The Morgan fingerprint density at radius 2 is 1.95 bits per heavy atom. The largest absolute Gasteiger partial charge is 0.320 e. The van der Waals surface area contributed by atoms with Gasteiger partial charge in [-0.3, -0.25) is 14.3 Å². The fraction of sp³-hybridized carbons (Fsp3) is 0.233. The first-order chi connectivity index (χ1) is 19.6. The van der Waals surface area contributed by atoms with Crippen molar-refractivity contribution in [1.82, 2.24) is 34.4 Å². The van der Waals surface area contributed by atoms with E-state index in [2.05, 4.69) is 36.7 Å². The van der Waals surface area contributed by atoms with E-state index < -0.39 is 0 Å². The van der Waals surface area contributed by atoms with Crippen LogP contribution in [0.15, 0.2) is 77.6 Å².